The topological polar surface area (TPSA) is 54.5 Å². The first kappa shape index (κ1) is 17.2. The van der Waals surface area contributed by atoms with Crippen LogP contribution >= 0.6 is 0 Å². The van der Waals surface area contributed by atoms with Crippen LogP contribution in [0.1, 0.15) is 25.3 Å². The normalized spacial score (nSPS) is 15.0. The summed E-state index contributed by atoms with van der Waals surface area (Å²) >= 11 is 0. The molecule has 1 N–H and O–H groups in total. The van der Waals surface area contributed by atoms with Gasteiger partial charge in [-0.3, -0.25) is 0 Å². The molecule has 5 nitrogen and oxygen atoms in total. The van der Waals surface area contributed by atoms with E-state index in [-0.39, 0.29) is 11.8 Å². The number of rotatable bonds is 4. The summed E-state index contributed by atoms with van der Waals surface area (Å²) in [5, 5.41) is 2.91. The summed E-state index contributed by atoms with van der Waals surface area (Å²) in [5.41, 5.74) is 0.741. The minimum atomic E-state index is -0.373. The minimum absolute atomic E-state index is 0.0764. The van der Waals surface area contributed by atoms with E-state index in [1.165, 1.54) is 12.1 Å². The van der Waals surface area contributed by atoms with Crippen molar-refractivity contribution in [2.24, 2.45) is 5.92 Å². The number of aromatic nitrogens is 1. The number of halogens is 1. The van der Waals surface area contributed by atoms with Crippen LogP contribution in [0.25, 0.3) is 0 Å². The SMILES string of the molecule is CC1CCN(C(=O)NCc2cccnc2Oc2cccc(F)c2)CC1. The Morgan fingerprint density at radius 1 is 1.32 bits per heavy atom. The highest BCUT2D eigenvalue weighted by atomic mass is 19.1. The van der Waals surface area contributed by atoms with Gasteiger partial charge in [0.15, 0.2) is 0 Å². The standard InChI is InChI=1S/C19H22FN3O2/c1-14-7-10-23(11-8-14)19(24)22-13-15-4-3-9-21-18(15)25-17-6-2-5-16(20)12-17/h2-6,9,12,14H,7-8,10-11,13H2,1H3,(H,22,24). The molecular weight excluding hydrogens is 321 g/mol. The number of nitrogens with zero attached hydrogens (tertiary/aromatic N) is 2. The molecule has 0 radical (unpaired) electrons. The molecule has 132 valence electrons. The van der Waals surface area contributed by atoms with Crippen LogP contribution in [-0.4, -0.2) is 29.0 Å². The predicted molar refractivity (Wildman–Crippen MR) is 92.9 cm³/mol. The summed E-state index contributed by atoms with van der Waals surface area (Å²) < 4.78 is 19.0. The van der Waals surface area contributed by atoms with E-state index in [2.05, 4.69) is 17.2 Å². The van der Waals surface area contributed by atoms with Crippen molar-refractivity contribution in [1.29, 1.82) is 0 Å². The zero-order chi connectivity index (χ0) is 17.6. The van der Waals surface area contributed by atoms with Crippen molar-refractivity contribution >= 4 is 6.03 Å². The molecule has 1 aliphatic heterocycles. The maximum Gasteiger partial charge on any atom is 0.317 e. The number of carbonyl (C=O) groups is 1. The Morgan fingerprint density at radius 3 is 2.88 bits per heavy atom. The lowest BCUT2D eigenvalue weighted by Crippen LogP contribution is -2.43. The third-order valence-corrected chi connectivity index (χ3v) is 4.36. The second-order valence-electron chi connectivity index (χ2n) is 6.36. The average Bonchev–Trinajstić information content (AvgIpc) is 2.61. The van der Waals surface area contributed by atoms with Crippen LogP contribution in [-0.2, 0) is 6.54 Å². The van der Waals surface area contributed by atoms with Gasteiger partial charge in [-0.1, -0.05) is 19.1 Å². The van der Waals surface area contributed by atoms with Crippen molar-refractivity contribution < 1.29 is 13.9 Å². The van der Waals surface area contributed by atoms with Crippen LogP contribution in [0.15, 0.2) is 42.6 Å². The highest BCUT2D eigenvalue weighted by Crippen LogP contribution is 2.23. The van der Waals surface area contributed by atoms with Crippen molar-refractivity contribution in [2.45, 2.75) is 26.3 Å². The number of nitrogens with one attached hydrogen (secondary N) is 1. The summed E-state index contributed by atoms with van der Waals surface area (Å²) in [6, 6.07) is 9.43. The number of hydrogen-bond acceptors (Lipinski definition) is 3. The predicted octanol–water partition coefficient (Wildman–Crippen LogP) is 3.95. The number of benzene rings is 1. The van der Waals surface area contributed by atoms with Crippen LogP contribution in [0, 0.1) is 11.7 Å². The molecule has 0 atom stereocenters. The van der Waals surface area contributed by atoms with Gasteiger partial charge in [0.2, 0.25) is 5.88 Å². The number of urea groups is 1. The zero-order valence-corrected chi connectivity index (χ0v) is 14.2. The molecule has 3 rings (SSSR count). The summed E-state index contributed by atoms with van der Waals surface area (Å²) in [7, 11) is 0. The first-order valence-electron chi connectivity index (χ1n) is 8.52. The lowest BCUT2D eigenvalue weighted by molar-refractivity contribution is 0.173. The molecule has 2 amide bonds. The Labute approximate surface area is 146 Å². The van der Waals surface area contributed by atoms with Gasteiger partial charge < -0.3 is 15.0 Å². The molecule has 0 aliphatic carbocycles. The highest BCUT2D eigenvalue weighted by molar-refractivity contribution is 5.74. The number of likely N-dealkylation sites (tertiary alicyclic amines) is 1. The summed E-state index contributed by atoms with van der Waals surface area (Å²) in [4.78, 5) is 18.3. The fourth-order valence-electron chi connectivity index (χ4n) is 2.79. The van der Waals surface area contributed by atoms with E-state index in [4.69, 9.17) is 4.74 Å². The van der Waals surface area contributed by atoms with Gasteiger partial charge in [-0.15, -0.1) is 0 Å². The number of pyridine rings is 1. The van der Waals surface area contributed by atoms with Crippen molar-refractivity contribution in [3.8, 4) is 11.6 Å². The van der Waals surface area contributed by atoms with Crippen LogP contribution in [0.2, 0.25) is 0 Å². The molecule has 1 aliphatic rings. The summed E-state index contributed by atoms with van der Waals surface area (Å²) in [6.45, 7) is 4.09. The van der Waals surface area contributed by atoms with Crippen LogP contribution in [0.4, 0.5) is 9.18 Å². The van der Waals surface area contributed by atoms with Gasteiger partial charge in [0.25, 0.3) is 0 Å². The quantitative estimate of drug-likeness (QED) is 0.914. The molecule has 1 aromatic heterocycles. The molecule has 1 fully saturated rings. The Balaban J connectivity index is 1.62. The molecule has 25 heavy (non-hydrogen) atoms. The first-order chi connectivity index (χ1) is 12.1. The van der Waals surface area contributed by atoms with Crippen molar-refractivity contribution in [2.75, 3.05) is 13.1 Å². The maximum absolute atomic E-state index is 13.3. The van der Waals surface area contributed by atoms with Gasteiger partial charge >= 0.3 is 6.03 Å². The monoisotopic (exact) mass is 343 g/mol. The van der Waals surface area contributed by atoms with Gasteiger partial charge in [0.05, 0.1) is 0 Å². The third-order valence-electron chi connectivity index (χ3n) is 4.36. The molecule has 1 aromatic carbocycles. The van der Waals surface area contributed by atoms with Gasteiger partial charge in [-0.25, -0.2) is 14.2 Å². The zero-order valence-electron chi connectivity index (χ0n) is 14.2. The highest BCUT2D eigenvalue weighted by Gasteiger charge is 2.20. The molecule has 2 aromatic rings. The number of carbonyl (C=O) groups excluding carboxylic acids is 1. The maximum atomic E-state index is 13.3. The minimum Gasteiger partial charge on any atom is -0.439 e. The van der Waals surface area contributed by atoms with Crippen LogP contribution < -0.4 is 10.1 Å². The molecule has 2 heterocycles. The Hall–Kier alpha value is -2.63. The summed E-state index contributed by atoms with van der Waals surface area (Å²) in [5.74, 6) is 1.04. The number of ether oxygens (including phenoxy) is 1. The van der Waals surface area contributed by atoms with E-state index >= 15 is 0 Å². The van der Waals surface area contributed by atoms with E-state index in [1.807, 2.05) is 11.0 Å². The lowest BCUT2D eigenvalue weighted by Gasteiger charge is -2.30. The lowest BCUT2D eigenvalue weighted by atomic mass is 10.00. The molecule has 6 heteroatoms. The van der Waals surface area contributed by atoms with Gasteiger partial charge in [-0.05, 0) is 37.0 Å². The van der Waals surface area contributed by atoms with Crippen LogP contribution in [0.3, 0.4) is 0 Å². The number of piperidine rings is 1. The molecule has 0 bridgehead atoms. The molecule has 0 saturated carbocycles. The van der Waals surface area contributed by atoms with Crippen molar-refractivity contribution in [3.63, 3.8) is 0 Å². The van der Waals surface area contributed by atoms with Gasteiger partial charge in [0.1, 0.15) is 11.6 Å². The Bertz CT molecular complexity index is 730. The van der Waals surface area contributed by atoms with Crippen molar-refractivity contribution in [1.82, 2.24) is 15.2 Å². The third kappa shape index (κ3) is 4.68. The number of hydrogen-bond donors (Lipinski definition) is 1. The molecular formula is C19H22FN3O2. The van der Waals surface area contributed by atoms with E-state index in [0.717, 1.165) is 31.5 Å². The Morgan fingerprint density at radius 2 is 2.12 bits per heavy atom. The summed E-state index contributed by atoms with van der Waals surface area (Å²) in [6.07, 6.45) is 3.68. The smallest absolute Gasteiger partial charge is 0.317 e. The second kappa shape index (κ2) is 7.96. The van der Waals surface area contributed by atoms with Gasteiger partial charge in [0, 0.05) is 37.5 Å². The molecule has 0 spiro atoms. The molecule has 0 unspecified atom stereocenters. The largest absolute Gasteiger partial charge is 0.439 e. The van der Waals surface area contributed by atoms with E-state index < -0.39 is 0 Å². The second-order valence-corrected chi connectivity index (χ2v) is 6.36. The van der Waals surface area contributed by atoms with Crippen molar-refractivity contribution in [3.05, 3.63) is 54.0 Å². The first-order valence-corrected chi connectivity index (χ1v) is 8.52. The van der Waals surface area contributed by atoms with Gasteiger partial charge in [-0.2, -0.15) is 0 Å². The van der Waals surface area contributed by atoms with E-state index in [0.29, 0.717) is 24.1 Å². The van der Waals surface area contributed by atoms with E-state index in [1.54, 1.807) is 24.4 Å². The molecule has 1 saturated heterocycles. The average molecular weight is 343 g/mol. The van der Waals surface area contributed by atoms with E-state index in [9.17, 15) is 9.18 Å². The Kier molecular flexibility index (Phi) is 5.48. The fraction of sp³-hybridized carbons (Fsp3) is 0.368. The number of amides is 2. The van der Waals surface area contributed by atoms with Crippen LogP contribution in [0.5, 0.6) is 11.6 Å². The fourth-order valence-corrected chi connectivity index (χ4v) is 2.79.